The molecule has 0 spiro atoms. The lowest BCUT2D eigenvalue weighted by Crippen LogP contribution is -2.36. The quantitative estimate of drug-likeness (QED) is 0.130. The average molecular weight is 699 g/mol. The SMILES string of the molecule is CCCCCCCCCCCCCCCCNC(=O)[C@@H]1CCN(C(=O)c2ccc(C(=O)N3CC[C@H](C(=O)N[C@H]4C[C@@H]4c4ccccc4)C3)cc2)C1. The molecule has 278 valence electrons. The molecule has 0 unspecified atom stereocenters. The standard InChI is InChI=1S/C43H62N4O4/c1-2-3-4-5-6-7-8-9-10-11-12-13-14-18-27-44-40(48)36-25-28-46(31-36)42(50)34-21-23-35(24-22-34)43(51)47-29-26-37(32-47)41(49)45-39-30-38(39)33-19-16-15-17-20-33/h15-17,19-24,36-39H,2-14,18,25-32H2,1H3,(H,44,48)(H,45,49)/t36-,37+,38-,39+/m1/s1. The molecule has 8 nitrogen and oxygen atoms in total. The van der Waals surface area contributed by atoms with E-state index in [-0.39, 0.29) is 41.5 Å². The number of nitrogens with one attached hydrogen (secondary N) is 2. The van der Waals surface area contributed by atoms with Crippen LogP contribution in [0.1, 0.15) is 148 Å². The smallest absolute Gasteiger partial charge is 0.253 e. The van der Waals surface area contributed by atoms with Crippen LogP contribution in [0.5, 0.6) is 0 Å². The highest BCUT2D eigenvalue weighted by Crippen LogP contribution is 2.41. The van der Waals surface area contributed by atoms with E-state index < -0.39 is 0 Å². The fraction of sp³-hybridized carbons (Fsp3) is 0.628. The molecule has 2 saturated heterocycles. The predicted octanol–water partition coefficient (Wildman–Crippen LogP) is 7.88. The molecule has 2 N–H and O–H groups in total. The molecule has 51 heavy (non-hydrogen) atoms. The summed E-state index contributed by atoms with van der Waals surface area (Å²) < 4.78 is 0. The lowest BCUT2D eigenvalue weighted by atomic mass is 10.0. The number of nitrogens with zero attached hydrogens (tertiary/aromatic N) is 2. The Morgan fingerprint density at radius 1 is 0.608 bits per heavy atom. The van der Waals surface area contributed by atoms with E-state index in [1.165, 1.54) is 82.6 Å². The fourth-order valence-corrected chi connectivity index (χ4v) is 7.84. The van der Waals surface area contributed by atoms with Gasteiger partial charge in [-0.25, -0.2) is 0 Å². The van der Waals surface area contributed by atoms with Crippen molar-refractivity contribution in [2.45, 2.75) is 128 Å². The van der Waals surface area contributed by atoms with Crippen molar-refractivity contribution in [3.8, 4) is 0 Å². The van der Waals surface area contributed by atoms with Crippen LogP contribution in [0, 0.1) is 11.8 Å². The third-order valence-corrected chi connectivity index (χ3v) is 11.2. The van der Waals surface area contributed by atoms with Crippen LogP contribution in [0.15, 0.2) is 54.6 Å². The van der Waals surface area contributed by atoms with E-state index in [1.54, 1.807) is 34.1 Å². The summed E-state index contributed by atoms with van der Waals surface area (Å²) in [5, 5.41) is 6.29. The van der Waals surface area contributed by atoms with Crippen LogP contribution in [-0.2, 0) is 9.59 Å². The zero-order valence-electron chi connectivity index (χ0n) is 31.1. The monoisotopic (exact) mass is 698 g/mol. The molecule has 5 rings (SSSR count). The van der Waals surface area contributed by atoms with Gasteiger partial charge in [0.15, 0.2) is 0 Å². The Bertz CT molecular complexity index is 1400. The van der Waals surface area contributed by atoms with Gasteiger partial charge in [0, 0.05) is 55.8 Å². The van der Waals surface area contributed by atoms with Gasteiger partial charge in [0.1, 0.15) is 0 Å². The minimum atomic E-state index is -0.202. The molecule has 2 heterocycles. The van der Waals surface area contributed by atoms with E-state index in [1.807, 2.05) is 18.2 Å². The molecule has 2 aliphatic heterocycles. The van der Waals surface area contributed by atoms with Gasteiger partial charge in [-0.05, 0) is 55.5 Å². The van der Waals surface area contributed by atoms with Crippen LogP contribution < -0.4 is 10.6 Å². The van der Waals surface area contributed by atoms with Gasteiger partial charge >= 0.3 is 0 Å². The first-order valence-corrected chi connectivity index (χ1v) is 20.3. The lowest BCUT2D eigenvalue weighted by Gasteiger charge is -2.18. The highest BCUT2D eigenvalue weighted by atomic mass is 16.2. The number of hydrogen-bond acceptors (Lipinski definition) is 4. The Kier molecular flexibility index (Phi) is 15.4. The summed E-state index contributed by atoms with van der Waals surface area (Å²) in [6.07, 6.45) is 20.7. The Morgan fingerprint density at radius 3 is 1.59 bits per heavy atom. The molecule has 0 aromatic heterocycles. The van der Waals surface area contributed by atoms with Crippen molar-refractivity contribution < 1.29 is 19.2 Å². The lowest BCUT2D eigenvalue weighted by molar-refractivity contribution is -0.125. The van der Waals surface area contributed by atoms with Gasteiger partial charge in [0.05, 0.1) is 11.8 Å². The molecular weight excluding hydrogens is 636 g/mol. The van der Waals surface area contributed by atoms with Crippen LogP contribution in [-0.4, -0.2) is 72.2 Å². The molecule has 4 amide bonds. The number of carbonyl (C=O) groups excluding carboxylic acids is 4. The largest absolute Gasteiger partial charge is 0.356 e. The molecule has 0 bridgehead atoms. The maximum atomic E-state index is 13.2. The third-order valence-electron chi connectivity index (χ3n) is 11.2. The Labute approximate surface area is 306 Å². The van der Waals surface area contributed by atoms with Gasteiger partial charge in [0.2, 0.25) is 11.8 Å². The van der Waals surface area contributed by atoms with E-state index in [0.29, 0.717) is 62.6 Å². The number of likely N-dealkylation sites (tertiary alicyclic amines) is 2. The summed E-state index contributed by atoms with van der Waals surface area (Å²) in [5.41, 5.74) is 2.29. The minimum Gasteiger partial charge on any atom is -0.356 e. The summed E-state index contributed by atoms with van der Waals surface area (Å²) in [7, 11) is 0. The van der Waals surface area contributed by atoms with Crippen molar-refractivity contribution in [1.82, 2.24) is 20.4 Å². The first-order chi connectivity index (χ1) is 24.9. The summed E-state index contributed by atoms with van der Waals surface area (Å²) in [4.78, 5) is 55.7. The van der Waals surface area contributed by atoms with Crippen molar-refractivity contribution >= 4 is 23.6 Å². The van der Waals surface area contributed by atoms with Gasteiger partial charge in [-0.1, -0.05) is 121 Å². The van der Waals surface area contributed by atoms with Crippen LogP contribution >= 0.6 is 0 Å². The number of hydrogen-bond donors (Lipinski definition) is 2. The Hall–Kier alpha value is -3.68. The Balaban J connectivity index is 0.919. The molecule has 1 saturated carbocycles. The normalized spacial score (nSPS) is 21.1. The molecule has 2 aromatic rings. The van der Waals surface area contributed by atoms with Gasteiger partial charge in [-0.15, -0.1) is 0 Å². The van der Waals surface area contributed by atoms with Crippen molar-refractivity contribution in [1.29, 1.82) is 0 Å². The van der Waals surface area contributed by atoms with Crippen molar-refractivity contribution in [2.24, 2.45) is 11.8 Å². The second kappa shape index (κ2) is 20.4. The van der Waals surface area contributed by atoms with Crippen molar-refractivity contribution in [2.75, 3.05) is 32.7 Å². The molecular formula is C43H62N4O4. The van der Waals surface area contributed by atoms with Crippen molar-refractivity contribution in [3.63, 3.8) is 0 Å². The topological polar surface area (TPSA) is 98.8 Å². The summed E-state index contributed by atoms with van der Waals surface area (Å²) in [6, 6.07) is 17.3. The van der Waals surface area contributed by atoms with Crippen LogP contribution in [0.25, 0.3) is 0 Å². The van der Waals surface area contributed by atoms with Crippen LogP contribution in [0.2, 0.25) is 0 Å². The highest BCUT2D eigenvalue weighted by molar-refractivity contribution is 5.98. The van der Waals surface area contributed by atoms with Crippen LogP contribution in [0.4, 0.5) is 0 Å². The predicted molar refractivity (Wildman–Crippen MR) is 204 cm³/mol. The number of rotatable bonds is 21. The Morgan fingerprint density at radius 2 is 1.08 bits per heavy atom. The van der Waals surface area contributed by atoms with E-state index in [9.17, 15) is 19.2 Å². The zero-order chi connectivity index (χ0) is 35.8. The second-order valence-electron chi connectivity index (χ2n) is 15.3. The van der Waals surface area contributed by atoms with Gasteiger partial charge in [0.25, 0.3) is 11.8 Å². The number of amides is 4. The molecule has 4 atom stereocenters. The second-order valence-corrected chi connectivity index (χ2v) is 15.3. The van der Waals surface area contributed by atoms with Gasteiger partial charge in [-0.2, -0.15) is 0 Å². The first-order valence-electron chi connectivity index (χ1n) is 20.3. The molecule has 3 fully saturated rings. The molecule has 8 heteroatoms. The van der Waals surface area contributed by atoms with Crippen LogP contribution in [0.3, 0.4) is 0 Å². The number of benzene rings is 2. The van der Waals surface area contributed by atoms with E-state index in [2.05, 4.69) is 29.7 Å². The zero-order valence-corrected chi connectivity index (χ0v) is 31.1. The first kappa shape index (κ1) is 38.5. The summed E-state index contributed by atoms with van der Waals surface area (Å²) >= 11 is 0. The highest BCUT2D eigenvalue weighted by Gasteiger charge is 2.41. The minimum absolute atomic E-state index is 0.0297. The third kappa shape index (κ3) is 11.9. The van der Waals surface area contributed by atoms with E-state index in [0.717, 1.165) is 19.3 Å². The maximum absolute atomic E-state index is 13.2. The summed E-state index contributed by atoms with van der Waals surface area (Å²) in [5.74, 6) is -0.147. The molecule has 1 aliphatic carbocycles. The van der Waals surface area contributed by atoms with E-state index >= 15 is 0 Å². The molecule has 0 radical (unpaired) electrons. The number of unbranched alkanes of at least 4 members (excludes halogenated alkanes) is 13. The van der Waals surface area contributed by atoms with E-state index in [4.69, 9.17) is 0 Å². The average Bonchev–Trinajstić information content (AvgIpc) is 3.50. The van der Waals surface area contributed by atoms with Gasteiger partial charge in [-0.3, -0.25) is 19.2 Å². The number of carbonyl (C=O) groups is 4. The molecule has 2 aromatic carbocycles. The fourth-order valence-electron chi connectivity index (χ4n) is 7.84. The van der Waals surface area contributed by atoms with Gasteiger partial charge < -0.3 is 20.4 Å². The van der Waals surface area contributed by atoms with Crippen molar-refractivity contribution in [3.05, 3.63) is 71.3 Å². The maximum Gasteiger partial charge on any atom is 0.253 e. The summed E-state index contributed by atoms with van der Waals surface area (Å²) in [6.45, 7) is 4.90. The molecule has 3 aliphatic rings.